The van der Waals surface area contributed by atoms with Gasteiger partial charge in [0.15, 0.2) is 11.9 Å². The van der Waals surface area contributed by atoms with E-state index in [4.69, 9.17) is 10.8 Å². The molecule has 2 aromatic carbocycles. The highest BCUT2D eigenvalue weighted by Gasteiger charge is 2.25. The van der Waals surface area contributed by atoms with Crippen LogP contribution < -0.4 is 11.1 Å². The van der Waals surface area contributed by atoms with Crippen LogP contribution in [0.2, 0.25) is 0 Å². The number of aromatic nitrogens is 4. The Morgan fingerprint density at radius 2 is 1.82 bits per heavy atom. The van der Waals surface area contributed by atoms with Gasteiger partial charge in [0.1, 0.15) is 17.8 Å². The molecule has 0 amide bonds. The lowest BCUT2D eigenvalue weighted by Crippen LogP contribution is -2.22. The van der Waals surface area contributed by atoms with Crippen LogP contribution in [0.25, 0.3) is 11.0 Å². The number of nitrogen functional groups attached to an aromatic ring is 1. The molecule has 0 bridgehead atoms. The summed E-state index contributed by atoms with van der Waals surface area (Å²) in [6.07, 6.45) is 3.45. The molecule has 1 aliphatic rings. The number of hydrogen-bond acceptors (Lipinski definition) is 7. The molecule has 5 rings (SSSR count). The molecule has 2 aromatic heterocycles. The third-order valence-electron chi connectivity index (χ3n) is 7.46. The molecule has 1 atom stereocenters. The van der Waals surface area contributed by atoms with Gasteiger partial charge >= 0.3 is 0 Å². The van der Waals surface area contributed by atoms with E-state index in [1.54, 1.807) is 0 Å². The van der Waals surface area contributed by atoms with Crippen LogP contribution in [0.1, 0.15) is 86.7 Å². The lowest BCUT2D eigenvalue weighted by molar-refractivity contribution is 0.109. The summed E-state index contributed by atoms with van der Waals surface area (Å²) in [6.45, 7) is 8.46. The highest BCUT2D eigenvalue weighted by Crippen LogP contribution is 2.32. The average molecular weight is 525 g/mol. The van der Waals surface area contributed by atoms with Crippen molar-refractivity contribution in [3.8, 4) is 11.8 Å². The van der Waals surface area contributed by atoms with E-state index in [0.717, 1.165) is 53.6 Å². The monoisotopic (exact) mass is 524 g/mol. The fourth-order valence-electron chi connectivity index (χ4n) is 5.03. The molecule has 0 spiro atoms. The van der Waals surface area contributed by atoms with Gasteiger partial charge in [-0.05, 0) is 67.2 Å². The number of anilines is 2. The molecule has 1 fully saturated rings. The molecule has 5 N–H and O–H groups in total. The van der Waals surface area contributed by atoms with Crippen molar-refractivity contribution < 1.29 is 10.2 Å². The van der Waals surface area contributed by atoms with E-state index in [9.17, 15) is 10.2 Å². The quantitative estimate of drug-likeness (QED) is 0.219. The Morgan fingerprint density at radius 3 is 2.56 bits per heavy atom. The molecule has 0 radical (unpaired) electrons. The SMILES string of the molecule is Cc1ccc(NC(O)c2cccc(C(C)(C)C)c2)cc1C#Cc1nn([C@H]2CC[C@H](O)CC2)c2ncnc(N)c12. The molecule has 1 saturated carbocycles. The lowest BCUT2D eigenvalue weighted by atomic mass is 9.86. The first-order valence-corrected chi connectivity index (χ1v) is 13.4. The van der Waals surface area contributed by atoms with Gasteiger partial charge in [0.05, 0.1) is 17.5 Å². The summed E-state index contributed by atoms with van der Waals surface area (Å²) in [7, 11) is 0. The van der Waals surface area contributed by atoms with Crippen molar-refractivity contribution in [2.24, 2.45) is 0 Å². The number of nitrogens with zero attached hydrogens (tertiary/aromatic N) is 4. The highest BCUT2D eigenvalue weighted by atomic mass is 16.3. The summed E-state index contributed by atoms with van der Waals surface area (Å²) in [5.74, 6) is 6.81. The zero-order chi connectivity index (χ0) is 27.7. The minimum absolute atomic E-state index is 0.00776. The normalized spacial score (nSPS) is 18.4. The number of nitrogens with one attached hydrogen (secondary N) is 1. The van der Waals surface area contributed by atoms with Gasteiger partial charge in [-0.2, -0.15) is 5.10 Å². The van der Waals surface area contributed by atoms with Crippen LogP contribution in [0.4, 0.5) is 11.5 Å². The average Bonchev–Trinajstić information content (AvgIpc) is 3.29. The molecule has 1 aliphatic carbocycles. The number of aliphatic hydroxyl groups excluding tert-OH is 2. The number of benzene rings is 2. The first kappa shape index (κ1) is 26.7. The van der Waals surface area contributed by atoms with E-state index in [1.807, 2.05) is 48.0 Å². The molecular weight excluding hydrogens is 488 g/mol. The number of fused-ring (bicyclic) bond motifs is 1. The van der Waals surface area contributed by atoms with Crippen molar-refractivity contribution in [3.05, 3.63) is 76.7 Å². The first-order valence-electron chi connectivity index (χ1n) is 13.4. The van der Waals surface area contributed by atoms with Gasteiger partial charge in [-0.1, -0.05) is 57.0 Å². The van der Waals surface area contributed by atoms with Crippen molar-refractivity contribution in [1.29, 1.82) is 0 Å². The van der Waals surface area contributed by atoms with Crippen molar-refractivity contribution in [2.45, 2.75) is 77.2 Å². The van der Waals surface area contributed by atoms with E-state index in [1.165, 1.54) is 6.33 Å². The maximum Gasteiger partial charge on any atom is 0.164 e. The van der Waals surface area contributed by atoms with Crippen molar-refractivity contribution >= 4 is 22.5 Å². The number of aliphatic hydroxyl groups is 2. The number of hydrogen-bond donors (Lipinski definition) is 4. The molecule has 8 heteroatoms. The topological polar surface area (TPSA) is 122 Å². The second-order valence-corrected chi connectivity index (χ2v) is 11.4. The molecule has 202 valence electrons. The van der Waals surface area contributed by atoms with Crippen LogP contribution in [-0.4, -0.2) is 36.1 Å². The van der Waals surface area contributed by atoms with Gasteiger partial charge < -0.3 is 21.3 Å². The fraction of sp³-hybridized carbons (Fsp3) is 0.387. The maximum absolute atomic E-state index is 10.9. The molecule has 0 aliphatic heterocycles. The van der Waals surface area contributed by atoms with Crippen LogP contribution >= 0.6 is 0 Å². The molecule has 4 aromatic rings. The van der Waals surface area contributed by atoms with Crippen LogP contribution in [0.3, 0.4) is 0 Å². The Balaban J connectivity index is 1.43. The van der Waals surface area contributed by atoms with E-state index in [2.05, 4.69) is 54.0 Å². The summed E-state index contributed by atoms with van der Waals surface area (Å²) >= 11 is 0. The summed E-state index contributed by atoms with van der Waals surface area (Å²) in [4.78, 5) is 8.64. The second-order valence-electron chi connectivity index (χ2n) is 11.4. The third kappa shape index (κ3) is 5.75. The van der Waals surface area contributed by atoms with E-state index in [0.29, 0.717) is 22.5 Å². The summed E-state index contributed by atoms with van der Waals surface area (Å²) in [5.41, 5.74) is 12.0. The lowest BCUT2D eigenvalue weighted by Gasteiger charge is -2.25. The summed E-state index contributed by atoms with van der Waals surface area (Å²) < 4.78 is 1.90. The smallest absolute Gasteiger partial charge is 0.164 e. The third-order valence-corrected chi connectivity index (χ3v) is 7.46. The second kappa shape index (κ2) is 10.7. The summed E-state index contributed by atoms with van der Waals surface area (Å²) in [5, 5.41) is 29.5. The Hall–Kier alpha value is -3.93. The molecule has 8 nitrogen and oxygen atoms in total. The van der Waals surface area contributed by atoms with Gasteiger partial charge in [-0.15, -0.1) is 0 Å². The number of rotatable bonds is 4. The van der Waals surface area contributed by atoms with Gasteiger partial charge in [0.25, 0.3) is 0 Å². The minimum atomic E-state index is -0.860. The van der Waals surface area contributed by atoms with Gasteiger partial charge in [-0.25, -0.2) is 14.6 Å². The Bertz CT molecular complexity index is 1550. The minimum Gasteiger partial charge on any atom is -0.393 e. The molecule has 0 saturated heterocycles. The first-order chi connectivity index (χ1) is 18.6. The van der Waals surface area contributed by atoms with E-state index < -0.39 is 6.23 Å². The van der Waals surface area contributed by atoms with Gasteiger partial charge in [-0.3, -0.25) is 0 Å². The number of aryl methyl sites for hydroxylation is 1. The fourth-order valence-corrected chi connectivity index (χ4v) is 5.03. The Labute approximate surface area is 229 Å². The largest absolute Gasteiger partial charge is 0.393 e. The number of nitrogens with two attached hydrogens (primary N) is 1. The van der Waals surface area contributed by atoms with Crippen molar-refractivity contribution in [2.75, 3.05) is 11.1 Å². The van der Waals surface area contributed by atoms with Crippen LogP contribution in [-0.2, 0) is 5.41 Å². The zero-order valence-electron chi connectivity index (χ0n) is 22.9. The maximum atomic E-state index is 10.9. The zero-order valence-corrected chi connectivity index (χ0v) is 22.9. The molecule has 1 unspecified atom stereocenters. The molecule has 39 heavy (non-hydrogen) atoms. The van der Waals surface area contributed by atoms with E-state index in [-0.39, 0.29) is 17.6 Å². The molecular formula is C31H36N6O2. The van der Waals surface area contributed by atoms with E-state index >= 15 is 0 Å². The van der Waals surface area contributed by atoms with Crippen molar-refractivity contribution in [3.63, 3.8) is 0 Å². The predicted octanol–water partition coefficient (Wildman–Crippen LogP) is 4.99. The van der Waals surface area contributed by atoms with Crippen LogP contribution in [0, 0.1) is 18.8 Å². The van der Waals surface area contributed by atoms with Crippen LogP contribution in [0.5, 0.6) is 0 Å². The molecule has 2 heterocycles. The predicted molar refractivity (Wildman–Crippen MR) is 154 cm³/mol. The summed E-state index contributed by atoms with van der Waals surface area (Å²) in [6, 6.07) is 14.0. The Kier molecular flexibility index (Phi) is 7.30. The van der Waals surface area contributed by atoms with Gasteiger partial charge in [0, 0.05) is 16.8 Å². The highest BCUT2D eigenvalue weighted by molar-refractivity contribution is 5.90. The Morgan fingerprint density at radius 1 is 1.05 bits per heavy atom. The standard InChI is InChI=1S/C31H36N6O2/c1-19-8-10-23(35-30(39)21-6-5-7-22(16-21)31(2,3)4)17-20(19)9-15-26-27-28(32)33-18-34-29(27)37(36-26)24-11-13-25(38)14-12-24/h5-8,10,16-18,24-25,30,35,38-39H,11-14H2,1-4H3,(H2,32,33,34)/t24-,25-,30?. The van der Waals surface area contributed by atoms with Crippen LogP contribution in [0.15, 0.2) is 48.8 Å². The van der Waals surface area contributed by atoms with Crippen molar-refractivity contribution in [1.82, 2.24) is 19.7 Å². The van der Waals surface area contributed by atoms with Gasteiger partial charge in [0.2, 0.25) is 0 Å².